The van der Waals surface area contributed by atoms with Gasteiger partial charge in [0.15, 0.2) is 0 Å². The van der Waals surface area contributed by atoms with Gasteiger partial charge in [-0.05, 0) is 36.4 Å². The lowest BCUT2D eigenvalue weighted by molar-refractivity contribution is 1.33. The largest absolute Gasteiger partial charge is 0.265 e. The van der Waals surface area contributed by atoms with E-state index >= 15 is 0 Å². The molecule has 3 nitrogen and oxygen atoms in total. The van der Waals surface area contributed by atoms with Crippen molar-refractivity contribution in [3.8, 4) is 0 Å². The lowest BCUT2D eigenvalue weighted by Gasteiger charge is -2.14. The van der Waals surface area contributed by atoms with Crippen LogP contribution in [0.1, 0.15) is 0 Å². The summed E-state index contributed by atoms with van der Waals surface area (Å²) >= 11 is 0. The number of pyridine rings is 3. The van der Waals surface area contributed by atoms with Gasteiger partial charge < -0.3 is 0 Å². The summed E-state index contributed by atoms with van der Waals surface area (Å²) in [7, 11) is 0. The predicted octanol–water partition coefficient (Wildman–Crippen LogP) is 0.388. The summed E-state index contributed by atoms with van der Waals surface area (Å²) in [5.74, 6) is 0. The van der Waals surface area contributed by atoms with Crippen LogP contribution in [0.3, 0.4) is 0 Å². The second kappa shape index (κ2) is 5.44. The molecule has 0 aliphatic carbocycles. The molecule has 3 heterocycles. The Morgan fingerprint density at radius 3 is 1.00 bits per heavy atom. The lowest BCUT2D eigenvalue weighted by Crippen LogP contribution is -2.51. The van der Waals surface area contributed by atoms with Crippen molar-refractivity contribution in [3.63, 3.8) is 0 Å². The molecule has 3 aromatic rings. The Hall–Kier alpha value is -2.49. The van der Waals surface area contributed by atoms with Crippen molar-refractivity contribution >= 4 is 23.1 Å². The van der Waals surface area contributed by atoms with Gasteiger partial charge in [-0.3, -0.25) is 15.0 Å². The van der Waals surface area contributed by atoms with Gasteiger partial charge in [-0.15, -0.1) is 0 Å². The highest BCUT2D eigenvalue weighted by Gasteiger charge is 2.20. The maximum Gasteiger partial charge on any atom is 0.241 e. The minimum atomic E-state index is 0.189. The monoisotopic (exact) mass is 245 g/mol. The molecular formula is C15H12BN3. The van der Waals surface area contributed by atoms with Gasteiger partial charge in [0, 0.05) is 37.2 Å². The number of hydrogen-bond donors (Lipinski definition) is 0. The molecular weight excluding hydrogens is 233 g/mol. The first kappa shape index (κ1) is 11.6. The Balaban J connectivity index is 2.12. The molecule has 0 amide bonds. The van der Waals surface area contributed by atoms with E-state index in [9.17, 15) is 0 Å². The van der Waals surface area contributed by atoms with Gasteiger partial charge in [0.25, 0.3) is 0 Å². The zero-order valence-corrected chi connectivity index (χ0v) is 10.3. The third kappa shape index (κ3) is 2.52. The third-order valence-corrected chi connectivity index (χ3v) is 3.12. The standard InChI is InChI=1S/C15H12BN3/c1-7-17-8-2-13(1)16(14-3-9-18-10-4-14)15-5-11-19-12-6-15/h1-12H. The number of nitrogens with zero attached hydrogens (tertiary/aromatic N) is 3. The Morgan fingerprint density at radius 1 is 0.474 bits per heavy atom. The van der Waals surface area contributed by atoms with Crippen LogP contribution in [0.4, 0.5) is 0 Å². The average molecular weight is 245 g/mol. The molecule has 4 heteroatoms. The molecule has 0 saturated heterocycles. The fourth-order valence-electron chi connectivity index (χ4n) is 2.25. The molecule has 0 atom stereocenters. The first-order valence-electron chi connectivity index (χ1n) is 6.15. The SMILES string of the molecule is c1cc(B(c2ccncc2)c2ccncc2)ccn1. The highest BCUT2D eigenvalue weighted by atomic mass is 14.6. The van der Waals surface area contributed by atoms with Crippen LogP contribution in [0, 0.1) is 0 Å². The maximum atomic E-state index is 4.09. The number of rotatable bonds is 3. The van der Waals surface area contributed by atoms with Crippen molar-refractivity contribution in [2.24, 2.45) is 0 Å². The van der Waals surface area contributed by atoms with E-state index in [1.807, 2.05) is 73.6 Å². The van der Waals surface area contributed by atoms with E-state index in [4.69, 9.17) is 0 Å². The van der Waals surface area contributed by atoms with Gasteiger partial charge in [0.2, 0.25) is 6.71 Å². The Labute approximate surface area is 112 Å². The van der Waals surface area contributed by atoms with Crippen molar-refractivity contribution in [1.29, 1.82) is 0 Å². The molecule has 0 radical (unpaired) electrons. The summed E-state index contributed by atoms with van der Waals surface area (Å²) in [4.78, 5) is 12.3. The summed E-state index contributed by atoms with van der Waals surface area (Å²) in [6.45, 7) is 0.189. The van der Waals surface area contributed by atoms with Crippen LogP contribution in [-0.4, -0.2) is 21.7 Å². The normalized spacial score (nSPS) is 10.1. The fraction of sp³-hybridized carbons (Fsp3) is 0. The van der Waals surface area contributed by atoms with Gasteiger partial charge in [0.05, 0.1) is 0 Å². The molecule has 0 unspecified atom stereocenters. The highest BCUT2D eigenvalue weighted by molar-refractivity contribution is 6.95. The molecule has 0 saturated carbocycles. The van der Waals surface area contributed by atoms with Crippen LogP contribution in [0.2, 0.25) is 0 Å². The first-order chi connectivity index (χ1) is 9.45. The zero-order chi connectivity index (χ0) is 12.9. The molecule has 0 bridgehead atoms. The van der Waals surface area contributed by atoms with E-state index in [-0.39, 0.29) is 6.71 Å². The number of aromatic nitrogens is 3. The van der Waals surface area contributed by atoms with Crippen LogP contribution in [0.5, 0.6) is 0 Å². The first-order valence-corrected chi connectivity index (χ1v) is 6.15. The van der Waals surface area contributed by atoms with Crippen molar-refractivity contribution < 1.29 is 0 Å². The quantitative estimate of drug-likeness (QED) is 0.626. The number of hydrogen-bond acceptors (Lipinski definition) is 3. The van der Waals surface area contributed by atoms with E-state index in [1.54, 1.807) is 0 Å². The van der Waals surface area contributed by atoms with Crippen LogP contribution in [-0.2, 0) is 0 Å². The van der Waals surface area contributed by atoms with Crippen LogP contribution < -0.4 is 16.4 Å². The molecule has 19 heavy (non-hydrogen) atoms. The third-order valence-electron chi connectivity index (χ3n) is 3.12. The Morgan fingerprint density at radius 2 is 0.737 bits per heavy atom. The van der Waals surface area contributed by atoms with E-state index in [2.05, 4.69) is 15.0 Å². The molecule has 3 rings (SSSR count). The molecule has 0 spiro atoms. The van der Waals surface area contributed by atoms with Crippen LogP contribution in [0.15, 0.2) is 73.6 Å². The zero-order valence-electron chi connectivity index (χ0n) is 10.3. The summed E-state index contributed by atoms with van der Waals surface area (Å²) in [6, 6.07) is 12.3. The minimum Gasteiger partial charge on any atom is -0.265 e. The van der Waals surface area contributed by atoms with Gasteiger partial charge in [-0.1, -0.05) is 16.4 Å². The van der Waals surface area contributed by atoms with Crippen molar-refractivity contribution in [2.75, 3.05) is 0 Å². The van der Waals surface area contributed by atoms with Crippen molar-refractivity contribution in [3.05, 3.63) is 73.6 Å². The molecule has 0 fully saturated rings. The van der Waals surface area contributed by atoms with E-state index < -0.39 is 0 Å². The van der Waals surface area contributed by atoms with Gasteiger partial charge >= 0.3 is 0 Å². The van der Waals surface area contributed by atoms with Crippen molar-refractivity contribution in [1.82, 2.24) is 15.0 Å². The van der Waals surface area contributed by atoms with Crippen molar-refractivity contribution in [2.45, 2.75) is 0 Å². The van der Waals surface area contributed by atoms with Crippen LogP contribution >= 0.6 is 0 Å². The summed E-state index contributed by atoms with van der Waals surface area (Å²) in [5, 5.41) is 0. The second-order valence-corrected chi connectivity index (χ2v) is 4.27. The smallest absolute Gasteiger partial charge is 0.241 e. The van der Waals surface area contributed by atoms with Gasteiger partial charge in [-0.2, -0.15) is 0 Å². The molecule has 0 aliphatic rings. The topological polar surface area (TPSA) is 38.7 Å². The summed E-state index contributed by atoms with van der Waals surface area (Å²) in [6.07, 6.45) is 10.9. The predicted molar refractivity (Wildman–Crippen MR) is 77.4 cm³/mol. The molecule has 3 aromatic heterocycles. The van der Waals surface area contributed by atoms with Gasteiger partial charge in [-0.25, -0.2) is 0 Å². The van der Waals surface area contributed by atoms with E-state index in [0.29, 0.717) is 0 Å². The Bertz CT molecular complexity index is 535. The summed E-state index contributed by atoms with van der Waals surface area (Å²) in [5.41, 5.74) is 3.65. The molecule has 0 aliphatic heterocycles. The second-order valence-electron chi connectivity index (χ2n) is 4.27. The van der Waals surface area contributed by atoms with Gasteiger partial charge in [0.1, 0.15) is 0 Å². The fourth-order valence-corrected chi connectivity index (χ4v) is 2.25. The lowest BCUT2D eigenvalue weighted by atomic mass is 9.37. The Kier molecular flexibility index (Phi) is 3.32. The minimum absolute atomic E-state index is 0.189. The van der Waals surface area contributed by atoms with Crippen LogP contribution in [0.25, 0.3) is 0 Å². The summed E-state index contributed by atoms with van der Waals surface area (Å²) < 4.78 is 0. The average Bonchev–Trinajstić information content (AvgIpc) is 2.51. The molecule has 0 aromatic carbocycles. The molecule has 90 valence electrons. The molecule has 0 N–H and O–H groups in total. The highest BCUT2D eigenvalue weighted by Crippen LogP contribution is 1.92. The van der Waals surface area contributed by atoms with E-state index in [0.717, 1.165) is 0 Å². The maximum absolute atomic E-state index is 4.09. The van der Waals surface area contributed by atoms with E-state index in [1.165, 1.54) is 16.4 Å².